The van der Waals surface area contributed by atoms with Gasteiger partial charge in [0.2, 0.25) is 5.91 Å². The maximum absolute atomic E-state index is 14.3. The van der Waals surface area contributed by atoms with E-state index in [2.05, 4.69) is 75.5 Å². The number of hydrogen-bond acceptors (Lipinski definition) is 32. The van der Waals surface area contributed by atoms with E-state index < -0.39 is 273 Å². The van der Waals surface area contributed by atoms with Gasteiger partial charge >= 0.3 is 11.9 Å². The van der Waals surface area contributed by atoms with Gasteiger partial charge in [0.1, 0.15) is 115 Å². The summed E-state index contributed by atoms with van der Waals surface area (Å²) in [7, 11) is 0. The van der Waals surface area contributed by atoms with Crippen LogP contribution in [0.25, 0.3) is 0 Å². The van der Waals surface area contributed by atoms with E-state index in [9.17, 15) is 106 Å². The number of carboxylic acids is 2. The lowest BCUT2D eigenvalue weighted by Gasteiger charge is -2.71. The Morgan fingerprint density at radius 2 is 1.25 bits per heavy atom. The number of carbonyl (C=O) groups excluding carboxylic acids is 2. The number of fused-ring (bicyclic) bond motifs is 5. The molecule has 36 heteroatoms. The minimum Gasteiger partial charge on any atom is -0.481 e. The summed E-state index contributed by atoms with van der Waals surface area (Å²) in [6.45, 7) is 11.5. The van der Waals surface area contributed by atoms with Gasteiger partial charge in [0.15, 0.2) is 31.3 Å². The maximum Gasteiger partial charge on any atom is 0.335 e. The van der Waals surface area contributed by atoms with E-state index in [1.54, 1.807) is 6.92 Å². The molecule has 10 rings (SSSR count). The van der Waals surface area contributed by atoms with Crippen molar-refractivity contribution in [2.24, 2.45) is 50.2 Å². The Bertz CT molecular complexity index is 3200. The number of aliphatic carboxylic acids is 2. The molecule has 22 unspecified atom stereocenters. The van der Waals surface area contributed by atoms with Gasteiger partial charge < -0.3 is 154 Å². The molecule has 0 bridgehead atoms. The fraction of sp³-hybridized carbons (Fsp3) is 0.923. The van der Waals surface area contributed by atoms with Gasteiger partial charge in [-0.1, -0.05) is 121 Å². The SMILES string of the molecule is CC1O[C@@H](OC2C(O)[C@@H](NC(=O)CCCCCCCCCCC(=O)O)C(CO)O[C@H]2SC[C@]2(CCC(C)(C)C)C(I)C3=CCC4C5(C)CC[C@H](O[C@@H]6OC(C(=O)O)[C@@H](O)C(O[C@@H]7OC[C@@H](O)C(O)C7O)C6OCC6(O)COC(CO)[C@H](O)C6O)C(C)(C=O)[C@H]5CCC4(C)C3(C)C[C@@H]2O)C(CO)C(O)[C@H]1O[C@@H]1OC[C@@H](O)C(O)C1O. The standard InChI is InChI=1S/C78H128INO33S/c1-37-59(110-68-56(96)52(92)40(85)31-103-68)51(91)38(28-81)67(107-37)113-62-55(95)50(80-48(88)17-15-13-11-9-10-12-14-16-18-49(89)90)42(29-82)108-71(62)114-36-77(26-25-72(2,3)4)46(87)27-76(8)39(64(77)79)19-20-45-73(5)23-22-47(74(6,33-84)44(73)21-24-75(45,76)7)109-70-63(106-35-78(102)34-105-43(30-83)54(94)65(78)99)60(58(98)61(112-70)66(100)101)111-69-57(97)53(93)41(86)32-104-69/h19,33,37-38,40-47,50-65,67-71,81-83,85-87,91-99,102H,9-18,20-32,34-36H2,1-8H3,(H,80,88)(H,89,90)(H,100,101)/t37?,38?,40-,41-,42?,43?,44+,45?,46+,47+,50+,51?,52?,53?,54+,55?,56?,57?,58+,59+,60?,61?,62?,63?,64?,65?,67+,68+,69+,70-,71+,73?,74?,75?,76?,77+,78?/m1/s1. The lowest BCUT2D eigenvalue weighted by Crippen LogP contribution is -2.69. The van der Waals surface area contributed by atoms with Gasteiger partial charge in [-0.2, -0.15) is 0 Å². The Balaban J connectivity index is 0.910. The van der Waals surface area contributed by atoms with E-state index in [0.29, 0.717) is 51.4 Å². The van der Waals surface area contributed by atoms with Gasteiger partial charge in [0, 0.05) is 27.9 Å². The summed E-state index contributed by atoms with van der Waals surface area (Å²) in [5, 5.41) is 202. The second-order valence-corrected chi connectivity index (χ2v) is 38.4. The van der Waals surface area contributed by atoms with Gasteiger partial charge in [-0.05, 0) is 105 Å². The number of halogens is 1. The van der Waals surface area contributed by atoms with Crippen LogP contribution in [0.5, 0.6) is 0 Å². The highest BCUT2D eigenvalue weighted by Gasteiger charge is 2.71. The molecule has 37 atom stereocenters. The van der Waals surface area contributed by atoms with Gasteiger partial charge in [-0.25, -0.2) is 4.79 Å². The number of hydrogen-bond donors (Lipinski definition) is 19. The Kier molecular flexibility index (Phi) is 31.9. The largest absolute Gasteiger partial charge is 0.481 e. The van der Waals surface area contributed by atoms with Crippen LogP contribution in [0.15, 0.2) is 11.6 Å². The van der Waals surface area contributed by atoms with Crippen LogP contribution >= 0.6 is 34.4 Å². The summed E-state index contributed by atoms with van der Waals surface area (Å²) in [4.78, 5) is 52.3. The molecular formula is C78H128INO33S. The Hall–Kier alpha value is -2.18. The van der Waals surface area contributed by atoms with Crippen LogP contribution in [0.2, 0.25) is 0 Å². The molecule has 0 aromatic heterocycles. The van der Waals surface area contributed by atoms with E-state index >= 15 is 0 Å². The minimum atomic E-state index is -2.44. The summed E-state index contributed by atoms with van der Waals surface area (Å²) in [6.07, 6.45) is -27.5. The predicted octanol–water partition coefficient (Wildman–Crippen LogP) is -0.444. The second-order valence-electron chi connectivity index (χ2n) is 36.1. The lowest BCUT2D eigenvalue weighted by atomic mass is 9.35. The highest BCUT2D eigenvalue weighted by atomic mass is 127. The van der Waals surface area contributed by atoms with Crippen LogP contribution in [0.3, 0.4) is 0 Å². The molecule has 6 heterocycles. The zero-order valence-electron chi connectivity index (χ0n) is 66.4. The summed E-state index contributed by atoms with van der Waals surface area (Å²) < 4.78 is 67.4. The van der Waals surface area contributed by atoms with Crippen LogP contribution in [-0.2, 0) is 71.3 Å². The third-order valence-corrected chi connectivity index (χ3v) is 30.9. The van der Waals surface area contributed by atoms with Gasteiger partial charge in [-0.3, -0.25) is 9.59 Å². The third kappa shape index (κ3) is 19.3. The first kappa shape index (κ1) is 94.1. The Labute approximate surface area is 682 Å². The van der Waals surface area contributed by atoms with E-state index in [1.165, 1.54) is 18.7 Å². The molecule has 3 saturated carbocycles. The first-order valence-electron chi connectivity index (χ1n) is 40.6. The number of unbranched alkanes of at least 4 members (excludes halogenated alkanes) is 7. The molecule has 1 amide bonds. The van der Waals surface area contributed by atoms with Crippen molar-refractivity contribution < 1.29 is 163 Å². The van der Waals surface area contributed by atoms with Crippen molar-refractivity contribution in [3.05, 3.63) is 11.6 Å². The Morgan fingerprint density at radius 3 is 1.82 bits per heavy atom. The zero-order valence-corrected chi connectivity index (χ0v) is 69.4. The maximum atomic E-state index is 14.3. The quantitative estimate of drug-likeness (QED) is 0.00988. The third-order valence-electron chi connectivity index (χ3n) is 27.6. The average Bonchev–Trinajstić information content (AvgIpc) is 0.675. The molecule has 0 radical (unpaired) electrons. The Morgan fingerprint density at radius 1 is 0.649 bits per heavy atom. The van der Waals surface area contributed by atoms with Crippen LogP contribution in [0, 0.1) is 50.2 Å². The molecule has 6 aliphatic heterocycles. The van der Waals surface area contributed by atoms with Gasteiger partial charge in [0.05, 0.1) is 88.0 Å². The van der Waals surface area contributed by atoms with E-state index in [1.807, 2.05) is 0 Å². The normalized spacial score (nSPS) is 47.3. The van der Waals surface area contributed by atoms with Crippen molar-refractivity contribution in [1.82, 2.24) is 5.32 Å². The number of aldehydes is 1. The van der Waals surface area contributed by atoms with Crippen molar-refractivity contribution in [3.63, 3.8) is 0 Å². The van der Waals surface area contributed by atoms with Gasteiger partial charge in [0.25, 0.3) is 0 Å². The molecule has 9 fully saturated rings. The topological polar surface area (TPSA) is 546 Å². The molecule has 0 aromatic carbocycles. The van der Waals surface area contributed by atoms with Crippen molar-refractivity contribution in [2.45, 2.75) is 345 Å². The van der Waals surface area contributed by atoms with E-state index in [4.69, 9.17) is 57.2 Å². The molecule has 0 aromatic rings. The molecule has 4 aliphatic carbocycles. The molecule has 656 valence electrons. The molecule has 0 spiro atoms. The summed E-state index contributed by atoms with van der Waals surface area (Å²) in [6, 6.07) is -1.27. The van der Waals surface area contributed by atoms with Crippen LogP contribution in [0.1, 0.15) is 171 Å². The monoisotopic (exact) mass is 1770 g/mol. The number of alkyl halides is 1. The first-order valence-corrected chi connectivity index (χ1v) is 42.9. The van der Waals surface area contributed by atoms with Crippen molar-refractivity contribution in [2.75, 3.05) is 52.0 Å². The molecule has 10 aliphatic rings. The highest BCUT2D eigenvalue weighted by molar-refractivity contribution is 14.1. The number of aliphatic hydroxyl groups excluding tert-OH is 15. The number of carboxylic acid groups (broad SMARTS) is 2. The fourth-order valence-corrected chi connectivity index (χ4v) is 24.0. The molecular weight excluding hydrogens is 1640 g/mol. The number of amides is 1. The van der Waals surface area contributed by atoms with Crippen molar-refractivity contribution >= 4 is 58.5 Å². The smallest absolute Gasteiger partial charge is 0.335 e. The molecule has 19 N–H and O–H groups in total. The van der Waals surface area contributed by atoms with Crippen LogP contribution < -0.4 is 5.32 Å². The van der Waals surface area contributed by atoms with Gasteiger partial charge in [-0.15, -0.1) is 11.8 Å². The minimum absolute atomic E-state index is 0.0708. The summed E-state index contributed by atoms with van der Waals surface area (Å²) in [5.74, 6) is -4.67. The molecule has 114 heavy (non-hydrogen) atoms. The number of ether oxygens (including phenoxy) is 11. The number of allylic oxidation sites excluding steroid dienone is 2. The summed E-state index contributed by atoms with van der Waals surface area (Å²) >= 11 is 3.72. The van der Waals surface area contributed by atoms with Crippen LogP contribution in [0.4, 0.5) is 0 Å². The van der Waals surface area contributed by atoms with E-state index in [-0.39, 0.29) is 46.7 Å². The van der Waals surface area contributed by atoms with Crippen molar-refractivity contribution in [3.8, 4) is 0 Å². The lowest BCUT2D eigenvalue weighted by molar-refractivity contribution is -0.366. The number of thioether (sulfide) groups is 1. The predicted molar refractivity (Wildman–Crippen MR) is 408 cm³/mol. The molecule has 6 saturated heterocycles. The second kappa shape index (κ2) is 38.7. The first-order chi connectivity index (χ1) is 53.6. The molecule has 34 nitrogen and oxygen atoms in total. The zero-order chi connectivity index (χ0) is 83.7. The van der Waals surface area contributed by atoms with E-state index in [0.717, 1.165) is 50.4 Å². The van der Waals surface area contributed by atoms with Crippen molar-refractivity contribution in [1.29, 1.82) is 0 Å². The number of rotatable bonds is 33. The number of nitrogens with one attached hydrogen (secondary N) is 1. The highest BCUT2D eigenvalue weighted by Crippen LogP contribution is 2.75. The fourth-order valence-electron chi connectivity index (χ4n) is 20.2. The average molecular weight is 1770 g/mol. The summed E-state index contributed by atoms with van der Waals surface area (Å²) in [5.41, 5.74) is -6.99. The number of aliphatic hydroxyl groups is 16. The van der Waals surface area contributed by atoms with Crippen LogP contribution in [-0.4, -0.2) is 342 Å². The number of carbonyl (C=O) groups is 4.